The number of nitrogens with zero attached hydrogens (tertiary/aromatic N) is 2. The molecule has 5 rings (SSSR count). The highest BCUT2D eigenvalue weighted by molar-refractivity contribution is 6.31. The molecule has 0 aliphatic carbocycles. The SMILES string of the molecule is Cn1c(Nc2ccc(Cl)c(C(F)(F)F)c2)nc2cc(OC3(C4CCNC(CCNC=O)C4)C=CC=CN3)ccc21. The van der Waals surface area contributed by atoms with Crippen LogP contribution in [-0.4, -0.2) is 40.8 Å². The van der Waals surface area contributed by atoms with E-state index in [1.807, 2.05) is 42.6 Å². The number of hydrogen-bond donors (Lipinski definition) is 4. The fourth-order valence-electron chi connectivity index (χ4n) is 5.31. The van der Waals surface area contributed by atoms with E-state index in [-0.39, 0.29) is 22.7 Å². The van der Waals surface area contributed by atoms with Gasteiger partial charge in [0.25, 0.3) is 0 Å². The molecule has 1 saturated heterocycles. The van der Waals surface area contributed by atoms with Crippen LogP contribution < -0.4 is 26.0 Å². The summed E-state index contributed by atoms with van der Waals surface area (Å²) in [5.74, 6) is 1.13. The molecular weight excluding hydrogens is 545 g/mol. The first-order valence-electron chi connectivity index (χ1n) is 13.0. The van der Waals surface area contributed by atoms with E-state index in [1.165, 1.54) is 12.1 Å². The normalized spacial score (nSPS) is 22.6. The molecule has 3 aromatic rings. The number of carbonyl (C=O) groups excluding carboxylic acids is 1. The number of anilines is 2. The van der Waals surface area contributed by atoms with Crippen LogP contribution in [0.25, 0.3) is 11.0 Å². The predicted octanol–water partition coefficient (Wildman–Crippen LogP) is 5.24. The zero-order chi connectivity index (χ0) is 28.3. The van der Waals surface area contributed by atoms with Gasteiger partial charge >= 0.3 is 6.18 Å². The third-order valence-corrected chi connectivity index (χ3v) is 7.68. The van der Waals surface area contributed by atoms with Gasteiger partial charge in [-0.05, 0) is 68.3 Å². The standard InChI is InChI=1S/C28H30ClF3N6O2/c1-38-25-7-5-21(16-24(25)37-26(38)36-20-4-6-23(29)22(15-20)28(30,31)32)40-27(10-2-3-11-35-27)18-8-13-34-19(14-18)9-12-33-17-39/h2-7,10-11,15-19,34-35H,8-9,12-14H2,1H3,(H,33,39)(H,36,37). The number of piperidine rings is 1. The molecule has 2 aliphatic heterocycles. The molecule has 212 valence electrons. The van der Waals surface area contributed by atoms with Crippen LogP contribution in [0.4, 0.5) is 24.8 Å². The zero-order valence-corrected chi connectivity index (χ0v) is 22.5. The van der Waals surface area contributed by atoms with E-state index in [4.69, 9.17) is 16.3 Å². The maximum absolute atomic E-state index is 13.3. The number of rotatable bonds is 9. The number of hydrogen-bond acceptors (Lipinski definition) is 6. The van der Waals surface area contributed by atoms with Crippen molar-refractivity contribution in [3.8, 4) is 5.75 Å². The molecule has 0 radical (unpaired) electrons. The highest BCUT2D eigenvalue weighted by Gasteiger charge is 2.41. The average molecular weight is 575 g/mol. The molecular formula is C28H30ClF3N6O2. The topological polar surface area (TPSA) is 92.2 Å². The largest absolute Gasteiger partial charge is 0.464 e. The summed E-state index contributed by atoms with van der Waals surface area (Å²) in [5, 5.41) is 12.3. The molecule has 2 aliphatic rings. The van der Waals surface area contributed by atoms with Crippen molar-refractivity contribution in [3.05, 3.63) is 71.4 Å². The number of nitrogens with one attached hydrogen (secondary N) is 4. The maximum atomic E-state index is 13.3. The Labute approximate surface area is 234 Å². The van der Waals surface area contributed by atoms with Crippen molar-refractivity contribution in [3.63, 3.8) is 0 Å². The highest BCUT2D eigenvalue weighted by atomic mass is 35.5. The van der Waals surface area contributed by atoms with E-state index in [2.05, 4.69) is 26.3 Å². The molecule has 0 spiro atoms. The Hall–Kier alpha value is -3.70. The summed E-state index contributed by atoms with van der Waals surface area (Å²) in [6.45, 7) is 1.43. The summed E-state index contributed by atoms with van der Waals surface area (Å²) in [5.41, 5.74) is -0.0564. The number of aromatic nitrogens is 2. The number of amides is 1. The Balaban J connectivity index is 1.38. The molecule has 2 aromatic carbocycles. The number of fused-ring (bicyclic) bond motifs is 1. The van der Waals surface area contributed by atoms with E-state index in [0.717, 1.165) is 37.4 Å². The lowest BCUT2D eigenvalue weighted by atomic mass is 9.81. The van der Waals surface area contributed by atoms with E-state index in [9.17, 15) is 18.0 Å². The summed E-state index contributed by atoms with van der Waals surface area (Å²) >= 11 is 5.76. The summed E-state index contributed by atoms with van der Waals surface area (Å²) in [6, 6.07) is 9.46. The lowest BCUT2D eigenvalue weighted by Crippen LogP contribution is -2.57. The fraction of sp³-hybridized carbons (Fsp3) is 0.357. The first kappa shape index (κ1) is 27.9. The van der Waals surface area contributed by atoms with Gasteiger partial charge in [0.05, 0.1) is 21.6 Å². The first-order chi connectivity index (χ1) is 19.2. The molecule has 1 fully saturated rings. The number of alkyl halides is 3. The van der Waals surface area contributed by atoms with Crippen molar-refractivity contribution in [1.82, 2.24) is 25.5 Å². The van der Waals surface area contributed by atoms with Gasteiger partial charge in [-0.25, -0.2) is 4.98 Å². The van der Waals surface area contributed by atoms with E-state index in [1.54, 1.807) is 11.6 Å². The van der Waals surface area contributed by atoms with Crippen molar-refractivity contribution in [1.29, 1.82) is 0 Å². The maximum Gasteiger partial charge on any atom is 0.417 e. The van der Waals surface area contributed by atoms with Gasteiger partial charge < -0.3 is 30.6 Å². The number of halogens is 4. The number of allylic oxidation sites excluding steroid dienone is 2. The van der Waals surface area contributed by atoms with Crippen LogP contribution >= 0.6 is 11.6 Å². The fourth-order valence-corrected chi connectivity index (χ4v) is 5.54. The van der Waals surface area contributed by atoms with Crippen molar-refractivity contribution >= 4 is 40.7 Å². The van der Waals surface area contributed by atoms with Gasteiger partial charge in [0, 0.05) is 43.5 Å². The van der Waals surface area contributed by atoms with E-state index in [0.29, 0.717) is 30.2 Å². The molecule has 3 unspecified atom stereocenters. The number of dihydropyridines is 1. The van der Waals surface area contributed by atoms with Crippen LogP contribution in [0.3, 0.4) is 0 Å². The Kier molecular flexibility index (Phi) is 7.95. The molecule has 0 bridgehead atoms. The number of carbonyl (C=O) groups is 1. The first-order valence-corrected chi connectivity index (χ1v) is 13.4. The number of benzene rings is 2. The van der Waals surface area contributed by atoms with Crippen molar-refractivity contribution < 1.29 is 22.7 Å². The van der Waals surface area contributed by atoms with Crippen LogP contribution in [0.15, 0.2) is 60.8 Å². The molecule has 1 aromatic heterocycles. The van der Waals surface area contributed by atoms with E-state index >= 15 is 0 Å². The van der Waals surface area contributed by atoms with Gasteiger partial charge in [-0.1, -0.05) is 17.7 Å². The minimum Gasteiger partial charge on any atom is -0.464 e. The molecule has 12 heteroatoms. The van der Waals surface area contributed by atoms with Gasteiger partial charge in [-0.2, -0.15) is 13.2 Å². The van der Waals surface area contributed by atoms with Crippen LogP contribution in [0.5, 0.6) is 5.75 Å². The zero-order valence-electron chi connectivity index (χ0n) is 21.8. The van der Waals surface area contributed by atoms with Gasteiger partial charge in [0.1, 0.15) is 5.75 Å². The van der Waals surface area contributed by atoms with Gasteiger partial charge in [0.2, 0.25) is 18.1 Å². The van der Waals surface area contributed by atoms with Gasteiger partial charge in [-0.3, -0.25) is 4.79 Å². The molecule has 40 heavy (non-hydrogen) atoms. The molecule has 4 N–H and O–H groups in total. The van der Waals surface area contributed by atoms with Crippen molar-refractivity contribution in [2.24, 2.45) is 13.0 Å². The Morgan fingerprint density at radius 3 is 2.85 bits per heavy atom. The van der Waals surface area contributed by atoms with Crippen LogP contribution in [-0.2, 0) is 18.0 Å². The Bertz CT molecular complexity index is 1440. The third-order valence-electron chi connectivity index (χ3n) is 7.35. The second kappa shape index (κ2) is 11.4. The van der Waals surface area contributed by atoms with Crippen molar-refractivity contribution in [2.75, 3.05) is 18.4 Å². The summed E-state index contributed by atoms with van der Waals surface area (Å²) in [6.07, 6.45) is 6.48. The van der Waals surface area contributed by atoms with Crippen molar-refractivity contribution in [2.45, 2.75) is 37.2 Å². The Morgan fingerprint density at radius 1 is 1.25 bits per heavy atom. The molecule has 8 nitrogen and oxygen atoms in total. The number of aryl methyl sites for hydroxylation is 1. The average Bonchev–Trinajstić information content (AvgIpc) is 3.24. The second-order valence-electron chi connectivity index (χ2n) is 9.95. The number of ether oxygens (including phenoxy) is 1. The quantitative estimate of drug-likeness (QED) is 0.206. The lowest BCUT2D eigenvalue weighted by Gasteiger charge is -2.44. The monoisotopic (exact) mass is 574 g/mol. The van der Waals surface area contributed by atoms with Crippen LogP contribution in [0, 0.1) is 5.92 Å². The summed E-state index contributed by atoms with van der Waals surface area (Å²) in [4.78, 5) is 15.3. The predicted molar refractivity (Wildman–Crippen MR) is 148 cm³/mol. The third kappa shape index (κ3) is 5.90. The molecule has 3 atom stereocenters. The Morgan fingerprint density at radius 2 is 2.10 bits per heavy atom. The minimum absolute atomic E-state index is 0.153. The second-order valence-corrected chi connectivity index (χ2v) is 10.4. The number of imidazole rings is 1. The summed E-state index contributed by atoms with van der Waals surface area (Å²) < 4.78 is 48.4. The van der Waals surface area contributed by atoms with E-state index < -0.39 is 17.5 Å². The molecule has 1 amide bonds. The van der Waals surface area contributed by atoms with Crippen LogP contribution in [0.2, 0.25) is 5.02 Å². The lowest BCUT2D eigenvalue weighted by molar-refractivity contribution is -0.137. The summed E-state index contributed by atoms with van der Waals surface area (Å²) in [7, 11) is 1.78. The molecule has 0 saturated carbocycles. The van der Waals surface area contributed by atoms with Gasteiger partial charge in [-0.15, -0.1) is 0 Å². The minimum atomic E-state index is -4.57. The van der Waals surface area contributed by atoms with Gasteiger partial charge in [0.15, 0.2) is 0 Å². The molecule has 3 heterocycles. The smallest absolute Gasteiger partial charge is 0.417 e. The van der Waals surface area contributed by atoms with Crippen LogP contribution in [0.1, 0.15) is 24.8 Å². The highest BCUT2D eigenvalue weighted by Crippen LogP contribution is 2.38.